The Balaban J connectivity index is 1.57. The Bertz CT molecular complexity index is 702. The minimum Gasteiger partial charge on any atom is -0.495 e. The molecule has 2 heterocycles. The Labute approximate surface area is 147 Å². The minimum atomic E-state index is -0.219. The number of anilines is 2. The Morgan fingerprint density at radius 3 is 2.48 bits per heavy atom. The van der Waals surface area contributed by atoms with Crippen molar-refractivity contribution in [1.82, 2.24) is 14.9 Å². The summed E-state index contributed by atoms with van der Waals surface area (Å²) in [4.78, 5) is 25.5. The number of hydrogen-bond acceptors (Lipinski definition) is 6. The molecule has 0 spiro atoms. The first-order valence-corrected chi connectivity index (χ1v) is 8.39. The average Bonchev–Trinajstić information content (AvgIpc) is 2.68. The topological polar surface area (TPSA) is 70.6 Å². The molecular weight excluding hydrogens is 318 g/mol. The molecule has 1 amide bonds. The molecule has 1 saturated heterocycles. The van der Waals surface area contributed by atoms with Crippen LogP contribution >= 0.6 is 0 Å². The number of methoxy groups -OCH3 is 1. The predicted octanol–water partition coefficient (Wildman–Crippen LogP) is 1.63. The third-order valence-corrected chi connectivity index (χ3v) is 4.44. The van der Waals surface area contributed by atoms with Crippen LogP contribution in [-0.2, 0) is 4.79 Å². The molecule has 1 aliphatic heterocycles. The summed E-state index contributed by atoms with van der Waals surface area (Å²) < 4.78 is 5.29. The molecular formula is C18H23N5O2. The Morgan fingerprint density at radius 2 is 1.80 bits per heavy atom. The molecule has 7 heteroatoms. The van der Waals surface area contributed by atoms with E-state index in [-0.39, 0.29) is 11.9 Å². The van der Waals surface area contributed by atoms with Crippen LogP contribution in [0.4, 0.5) is 11.6 Å². The maximum absolute atomic E-state index is 12.6. The van der Waals surface area contributed by atoms with Gasteiger partial charge in [-0.15, -0.1) is 0 Å². The van der Waals surface area contributed by atoms with E-state index < -0.39 is 0 Å². The molecule has 1 aliphatic rings. The maximum Gasteiger partial charge on any atom is 0.241 e. The van der Waals surface area contributed by atoms with E-state index in [0.29, 0.717) is 11.4 Å². The van der Waals surface area contributed by atoms with Crippen molar-refractivity contribution >= 4 is 17.5 Å². The van der Waals surface area contributed by atoms with Crippen LogP contribution in [-0.4, -0.2) is 60.1 Å². The van der Waals surface area contributed by atoms with E-state index in [4.69, 9.17) is 4.74 Å². The maximum atomic E-state index is 12.6. The number of nitrogens with one attached hydrogen (secondary N) is 1. The zero-order chi connectivity index (χ0) is 17.6. The van der Waals surface area contributed by atoms with Crippen molar-refractivity contribution in [3.63, 3.8) is 0 Å². The summed E-state index contributed by atoms with van der Waals surface area (Å²) in [6.45, 7) is 5.11. The van der Waals surface area contributed by atoms with Crippen LogP contribution in [0.15, 0.2) is 42.7 Å². The fourth-order valence-corrected chi connectivity index (χ4v) is 2.91. The minimum absolute atomic E-state index is 0.0334. The van der Waals surface area contributed by atoms with Gasteiger partial charge in [0.15, 0.2) is 0 Å². The van der Waals surface area contributed by atoms with Crippen molar-refractivity contribution in [2.75, 3.05) is 43.5 Å². The normalized spacial score (nSPS) is 16.3. The van der Waals surface area contributed by atoms with Gasteiger partial charge in [0.05, 0.1) is 18.8 Å². The summed E-state index contributed by atoms with van der Waals surface area (Å²) in [6, 6.07) is 9.02. The van der Waals surface area contributed by atoms with Crippen LogP contribution in [0.5, 0.6) is 5.75 Å². The molecule has 132 valence electrons. The summed E-state index contributed by atoms with van der Waals surface area (Å²) in [5.41, 5.74) is 0.693. The number of carbonyl (C=O) groups is 1. The highest BCUT2D eigenvalue weighted by Crippen LogP contribution is 2.23. The van der Waals surface area contributed by atoms with Gasteiger partial charge < -0.3 is 15.0 Å². The van der Waals surface area contributed by atoms with Gasteiger partial charge in [0, 0.05) is 38.6 Å². The van der Waals surface area contributed by atoms with Crippen molar-refractivity contribution < 1.29 is 9.53 Å². The van der Waals surface area contributed by atoms with Gasteiger partial charge in [0.25, 0.3) is 0 Å². The fourth-order valence-electron chi connectivity index (χ4n) is 2.91. The highest BCUT2D eigenvalue weighted by atomic mass is 16.5. The Kier molecular flexibility index (Phi) is 5.45. The molecule has 25 heavy (non-hydrogen) atoms. The van der Waals surface area contributed by atoms with E-state index in [1.165, 1.54) is 0 Å². The molecule has 0 radical (unpaired) electrons. The number of ether oxygens (including phenoxy) is 1. The second-order valence-corrected chi connectivity index (χ2v) is 5.94. The summed E-state index contributed by atoms with van der Waals surface area (Å²) in [7, 11) is 1.60. The molecule has 7 nitrogen and oxygen atoms in total. The number of amides is 1. The fraction of sp³-hybridized carbons (Fsp3) is 0.389. The molecule has 0 aliphatic carbocycles. The van der Waals surface area contributed by atoms with Crippen molar-refractivity contribution in [2.24, 2.45) is 0 Å². The third-order valence-electron chi connectivity index (χ3n) is 4.44. The van der Waals surface area contributed by atoms with Gasteiger partial charge in [-0.1, -0.05) is 12.1 Å². The quantitative estimate of drug-likeness (QED) is 0.891. The highest BCUT2D eigenvalue weighted by molar-refractivity contribution is 5.95. The number of para-hydroxylation sites is 2. The lowest BCUT2D eigenvalue weighted by atomic mass is 10.2. The molecule has 1 aromatic heterocycles. The largest absolute Gasteiger partial charge is 0.495 e. The van der Waals surface area contributed by atoms with Gasteiger partial charge >= 0.3 is 0 Å². The summed E-state index contributed by atoms with van der Waals surface area (Å²) in [6.07, 6.45) is 3.50. The van der Waals surface area contributed by atoms with Gasteiger partial charge in [0.2, 0.25) is 11.9 Å². The predicted molar refractivity (Wildman–Crippen MR) is 96.9 cm³/mol. The molecule has 2 aromatic rings. The van der Waals surface area contributed by atoms with Crippen LogP contribution in [0.2, 0.25) is 0 Å². The number of nitrogens with zero attached hydrogens (tertiary/aromatic N) is 4. The highest BCUT2D eigenvalue weighted by Gasteiger charge is 2.26. The van der Waals surface area contributed by atoms with E-state index in [1.54, 1.807) is 19.5 Å². The van der Waals surface area contributed by atoms with Gasteiger partial charge in [-0.3, -0.25) is 9.69 Å². The van der Waals surface area contributed by atoms with Gasteiger partial charge in [0.1, 0.15) is 5.75 Å². The van der Waals surface area contributed by atoms with E-state index in [2.05, 4.69) is 25.1 Å². The first kappa shape index (κ1) is 17.2. The Morgan fingerprint density at radius 1 is 1.12 bits per heavy atom. The van der Waals surface area contributed by atoms with Gasteiger partial charge in [-0.05, 0) is 25.1 Å². The standard InChI is InChI=1S/C18H23N5O2/c1-14(17(24)21-15-6-3-4-7-16(15)25-2)22-10-12-23(13-11-22)18-19-8-5-9-20-18/h3-9,14H,10-13H2,1-2H3,(H,21,24)/t14-/m0/s1. The molecule has 0 bridgehead atoms. The SMILES string of the molecule is COc1ccccc1NC(=O)[C@H](C)N1CCN(c2ncccn2)CC1. The first-order chi connectivity index (χ1) is 12.2. The first-order valence-electron chi connectivity index (χ1n) is 8.39. The molecule has 1 N–H and O–H groups in total. The van der Waals surface area contributed by atoms with Crippen LogP contribution in [0.3, 0.4) is 0 Å². The summed E-state index contributed by atoms with van der Waals surface area (Å²) in [5.74, 6) is 1.37. The zero-order valence-corrected chi connectivity index (χ0v) is 14.6. The number of benzene rings is 1. The molecule has 0 saturated carbocycles. The third kappa shape index (κ3) is 4.06. The second kappa shape index (κ2) is 7.94. The summed E-state index contributed by atoms with van der Waals surface area (Å²) >= 11 is 0. The average molecular weight is 341 g/mol. The van der Waals surface area contributed by atoms with Crippen molar-refractivity contribution in [3.8, 4) is 5.75 Å². The lowest BCUT2D eigenvalue weighted by molar-refractivity contribution is -0.120. The Hall–Kier alpha value is -2.67. The van der Waals surface area contributed by atoms with Crippen LogP contribution < -0.4 is 15.0 Å². The summed E-state index contributed by atoms with van der Waals surface area (Å²) in [5, 5.41) is 2.96. The smallest absolute Gasteiger partial charge is 0.241 e. The van der Waals surface area contributed by atoms with Crippen molar-refractivity contribution in [2.45, 2.75) is 13.0 Å². The van der Waals surface area contributed by atoms with Gasteiger partial charge in [-0.2, -0.15) is 0 Å². The molecule has 1 atom stereocenters. The van der Waals surface area contributed by atoms with E-state index in [1.807, 2.05) is 37.3 Å². The molecule has 1 fully saturated rings. The monoisotopic (exact) mass is 341 g/mol. The van der Waals surface area contributed by atoms with Gasteiger partial charge in [-0.25, -0.2) is 9.97 Å². The molecule has 3 rings (SSSR count). The number of aromatic nitrogens is 2. The van der Waals surface area contributed by atoms with Crippen LogP contribution in [0.1, 0.15) is 6.92 Å². The number of piperazine rings is 1. The lowest BCUT2D eigenvalue weighted by Gasteiger charge is -2.37. The number of rotatable bonds is 5. The van der Waals surface area contributed by atoms with Crippen LogP contribution in [0.25, 0.3) is 0 Å². The number of carbonyl (C=O) groups excluding carboxylic acids is 1. The zero-order valence-electron chi connectivity index (χ0n) is 14.6. The van der Waals surface area contributed by atoms with E-state index in [9.17, 15) is 4.79 Å². The second-order valence-electron chi connectivity index (χ2n) is 5.94. The van der Waals surface area contributed by atoms with Crippen molar-refractivity contribution in [1.29, 1.82) is 0 Å². The van der Waals surface area contributed by atoms with Crippen molar-refractivity contribution in [3.05, 3.63) is 42.7 Å². The molecule has 0 unspecified atom stereocenters. The lowest BCUT2D eigenvalue weighted by Crippen LogP contribution is -2.53. The van der Waals surface area contributed by atoms with Crippen LogP contribution in [0, 0.1) is 0 Å². The van der Waals surface area contributed by atoms with E-state index >= 15 is 0 Å². The number of hydrogen-bond donors (Lipinski definition) is 1. The van der Waals surface area contributed by atoms with E-state index in [0.717, 1.165) is 32.1 Å². The molecule has 1 aromatic carbocycles.